The Balaban J connectivity index is 2.79. The summed E-state index contributed by atoms with van der Waals surface area (Å²) in [6.07, 6.45) is 0. The zero-order chi connectivity index (χ0) is 12.8. The number of carbonyl (C=O) groups is 1. The van der Waals surface area contributed by atoms with Crippen LogP contribution in [0.1, 0.15) is 13.8 Å². The minimum Gasteiger partial charge on any atom is -0.397 e. The van der Waals surface area contributed by atoms with E-state index in [1.807, 2.05) is 50.1 Å². The van der Waals surface area contributed by atoms with Crippen molar-refractivity contribution in [2.24, 2.45) is 0 Å². The van der Waals surface area contributed by atoms with E-state index in [2.05, 4.69) is 0 Å². The number of hydrogen-bond acceptors (Lipinski definition) is 3. The van der Waals surface area contributed by atoms with Gasteiger partial charge in [0.1, 0.15) is 0 Å². The highest BCUT2D eigenvalue weighted by atomic mass is 16.2. The van der Waals surface area contributed by atoms with Crippen LogP contribution in [0.25, 0.3) is 0 Å². The number of nitrogen functional groups attached to an aromatic ring is 1. The molecule has 94 valence electrons. The molecular formula is C13H21N3O. The van der Waals surface area contributed by atoms with Gasteiger partial charge in [0.25, 0.3) is 0 Å². The van der Waals surface area contributed by atoms with Gasteiger partial charge in [0, 0.05) is 20.1 Å². The summed E-state index contributed by atoms with van der Waals surface area (Å²) in [5, 5.41) is 0. The molecule has 1 amide bonds. The lowest BCUT2D eigenvalue weighted by molar-refractivity contribution is -0.128. The van der Waals surface area contributed by atoms with Crippen LogP contribution in [0, 0.1) is 0 Å². The zero-order valence-electron chi connectivity index (χ0n) is 10.8. The van der Waals surface area contributed by atoms with Crippen molar-refractivity contribution in [3.05, 3.63) is 24.3 Å². The molecule has 0 bridgehead atoms. The van der Waals surface area contributed by atoms with E-state index >= 15 is 0 Å². The van der Waals surface area contributed by atoms with Crippen molar-refractivity contribution in [3.63, 3.8) is 0 Å². The molecule has 0 atom stereocenters. The monoisotopic (exact) mass is 235 g/mol. The highest BCUT2D eigenvalue weighted by molar-refractivity contribution is 5.82. The Hall–Kier alpha value is -1.71. The number of nitrogens with two attached hydrogens (primary N) is 1. The Morgan fingerprint density at radius 1 is 1.24 bits per heavy atom. The SMILES string of the molecule is CCN(C)C(=O)CN(CC)c1ccccc1N. The minimum absolute atomic E-state index is 0.109. The van der Waals surface area contributed by atoms with Crippen molar-refractivity contribution < 1.29 is 4.79 Å². The maximum Gasteiger partial charge on any atom is 0.241 e. The van der Waals surface area contributed by atoms with Crippen LogP contribution in [0.5, 0.6) is 0 Å². The normalized spacial score (nSPS) is 10.1. The third kappa shape index (κ3) is 3.37. The first-order chi connectivity index (χ1) is 8.10. The average molecular weight is 235 g/mol. The molecule has 0 aliphatic carbocycles. The lowest BCUT2D eigenvalue weighted by Gasteiger charge is -2.26. The van der Waals surface area contributed by atoms with Crippen LogP contribution in [0.4, 0.5) is 11.4 Å². The molecule has 0 heterocycles. The maximum absolute atomic E-state index is 11.9. The average Bonchev–Trinajstić information content (AvgIpc) is 2.35. The number of anilines is 2. The molecular weight excluding hydrogens is 214 g/mol. The van der Waals surface area contributed by atoms with Crippen LogP contribution < -0.4 is 10.6 Å². The van der Waals surface area contributed by atoms with E-state index in [4.69, 9.17) is 5.73 Å². The summed E-state index contributed by atoms with van der Waals surface area (Å²) < 4.78 is 0. The molecule has 4 nitrogen and oxygen atoms in total. The number of carbonyl (C=O) groups excluding carboxylic acids is 1. The van der Waals surface area contributed by atoms with Gasteiger partial charge in [0.2, 0.25) is 5.91 Å². The van der Waals surface area contributed by atoms with Gasteiger partial charge >= 0.3 is 0 Å². The lowest BCUT2D eigenvalue weighted by Crippen LogP contribution is -2.38. The number of likely N-dealkylation sites (N-methyl/N-ethyl adjacent to an activating group) is 2. The summed E-state index contributed by atoms with van der Waals surface area (Å²) >= 11 is 0. The minimum atomic E-state index is 0.109. The number of para-hydroxylation sites is 2. The highest BCUT2D eigenvalue weighted by Gasteiger charge is 2.14. The third-order valence-electron chi connectivity index (χ3n) is 2.89. The first kappa shape index (κ1) is 13.4. The van der Waals surface area contributed by atoms with Gasteiger partial charge in [-0.25, -0.2) is 0 Å². The fourth-order valence-electron chi connectivity index (χ4n) is 1.60. The smallest absolute Gasteiger partial charge is 0.241 e. The molecule has 0 radical (unpaired) electrons. The van der Waals surface area contributed by atoms with Crippen molar-refractivity contribution in [3.8, 4) is 0 Å². The van der Waals surface area contributed by atoms with Crippen molar-refractivity contribution in [2.75, 3.05) is 37.3 Å². The summed E-state index contributed by atoms with van der Waals surface area (Å²) in [5.41, 5.74) is 7.55. The molecule has 0 aliphatic rings. The predicted molar refractivity (Wildman–Crippen MR) is 72.1 cm³/mol. The van der Waals surface area contributed by atoms with E-state index in [0.29, 0.717) is 12.2 Å². The first-order valence-corrected chi connectivity index (χ1v) is 5.93. The molecule has 0 saturated carbocycles. The molecule has 0 saturated heterocycles. The summed E-state index contributed by atoms with van der Waals surface area (Å²) in [6.45, 7) is 5.84. The van der Waals surface area contributed by atoms with E-state index in [-0.39, 0.29) is 5.91 Å². The molecule has 1 rings (SSSR count). The largest absolute Gasteiger partial charge is 0.397 e. The number of nitrogens with zero attached hydrogens (tertiary/aromatic N) is 2. The van der Waals surface area contributed by atoms with Crippen LogP contribution in [-0.4, -0.2) is 37.5 Å². The number of rotatable bonds is 5. The highest BCUT2D eigenvalue weighted by Crippen LogP contribution is 2.21. The van der Waals surface area contributed by atoms with E-state index in [9.17, 15) is 4.79 Å². The number of hydrogen-bond donors (Lipinski definition) is 1. The van der Waals surface area contributed by atoms with Crippen LogP contribution >= 0.6 is 0 Å². The second-order valence-corrected chi connectivity index (χ2v) is 3.98. The van der Waals surface area contributed by atoms with E-state index in [1.54, 1.807) is 4.90 Å². The fourth-order valence-corrected chi connectivity index (χ4v) is 1.60. The quantitative estimate of drug-likeness (QED) is 0.788. The van der Waals surface area contributed by atoms with Gasteiger partial charge in [-0.3, -0.25) is 4.79 Å². The molecule has 1 aromatic carbocycles. The summed E-state index contributed by atoms with van der Waals surface area (Å²) in [5.74, 6) is 0.109. The van der Waals surface area contributed by atoms with Crippen LogP contribution in [0.2, 0.25) is 0 Å². The van der Waals surface area contributed by atoms with Gasteiger partial charge in [0.15, 0.2) is 0 Å². The Morgan fingerprint density at radius 2 is 1.88 bits per heavy atom. The van der Waals surface area contributed by atoms with Gasteiger partial charge in [0.05, 0.1) is 17.9 Å². The van der Waals surface area contributed by atoms with Crippen molar-refractivity contribution in [1.29, 1.82) is 0 Å². The molecule has 2 N–H and O–H groups in total. The topological polar surface area (TPSA) is 49.6 Å². The number of amides is 1. The van der Waals surface area contributed by atoms with Gasteiger partial charge in [-0.05, 0) is 26.0 Å². The zero-order valence-corrected chi connectivity index (χ0v) is 10.8. The maximum atomic E-state index is 11.9. The molecule has 0 aromatic heterocycles. The van der Waals surface area contributed by atoms with Gasteiger partial charge in [-0.1, -0.05) is 12.1 Å². The standard InChI is InChI=1S/C13H21N3O/c1-4-15(3)13(17)10-16(5-2)12-9-7-6-8-11(12)14/h6-9H,4-5,10,14H2,1-3H3. The van der Waals surface area contributed by atoms with Crippen molar-refractivity contribution in [1.82, 2.24) is 4.90 Å². The Bertz CT molecular complexity index is 379. The third-order valence-corrected chi connectivity index (χ3v) is 2.89. The lowest BCUT2D eigenvalue weighted by atomic mass is 10.2. The molecule has 1 aromatic rings. The molecule has 0 spiro atoms. The van der Waals surface area contributed by atoms with Crippen molar-refractivity contribution in [2.45, 2.75) is 13.8 Å². The Kier molecular flexibility index (Phi) is 4.82. The summed E-state index contributed by atoms with van der Waals surface area (Å²) in [4.78, 5) is 15.6. The van der Waals surface area contributed by atoms with Crippen LogP contribution in [0.15, 0.2) is 24.3 Å². The van der Waals surface area contributed by atoms with Gasteiger partial charge in [-0.2, -0.15) is 0 Å². The van der Waals surface area contributed by atoms with Gasteiger partial charge < -0.3 is 15.5 Å². The molecule has 0 fully saturated rings. The first-order valence-electron chi connectivity index (χ1n) is 5.93. The van der Waals surface area contributed by atoms with E-state index in [1.165, 1.54) is 0 Å². The van der Waals surface area contributed by atoms with Crippen LogP contribution in [-0.2, 0) is 4.79 Å². The number of benzene rings is 1. The second kappa shape index (κ2) is 6.13. The van der Waals surface area contributed by atoms with Crippen LogP contribution in [0.3, 0.4) is 0 Å². The van der Waals surface area contributed by atoms with Crippen molar-refractivity contribution >= 4 is 17.3 Å². The summed E-state index contributed by atoms with van der Waals surface area (Å²) in [6, 6.07) is 7.62. The molecule has 0 aliphatic heterocycles. The van der Waals surface area contributed by atoms with Gasteiger partial charge in [-0.15, -0.1) is 0 Å². The van der Waals surface area contributed by atoms with E-state index in [0.717, 1.165) is 18.8 Å². The Morgan fingerprint density at radius 3 is 2.41 bits per heavy atom. The summed E-state index contributed by atoms with van der Waals surface area (Å²) in [7, 11) is 1.81. The molecule has 4 heteroatoms. The fraction of sp³-hybridized carbons (Fsp3) is 0.462. The second-order valence-electron chi connectivity index (χ2n) is 3.98. The van der Waals surface area contributed by atoms with E-state index < -0.39 is 0 Å². The predicted octanol–water partition coefficient (Wildman–Crippen LogP) is 1.57. The Labute approximate surface area is 103 Å². The molecule has 0 unspecified atom stereocenters. The molecule has 17 heavy (non-hydrogen) atoms.